The molecule has 0 aromatic rings. The van der Waals surface area contributed by atoms with E-state index in [9.17, 15) is 4.79 Å². The number of carbonyl (C=O) groups excluding carboxylic acids is 1. The first kappa shape index (κ1) is 8.95. The van der Waals surface area contributed by atoms with Gasteiger partial charge in [0.15, 0.2) is 5.78 Å². The fraction of sp³-hybridized carbons (Fsp3) is 0.727. The van der Waals surface area contributed by atoms with Gasteiger partial charge in [0.2, 0.25) is 0 Å². The minimum absolute atomic E-state index is 0.165. The minimum atomic E-state index is 0.165. The zero-order chi connectivity index (χ0) is 9.10. The van der Waals surface area contributed by atoms with Crippen molar-refractivity contribution in [2.75, 3.05) is 13.2 Å². The van der Waals surface area contributed by atoms with E-state index in [0.29, 0.717) is 12.4 Å². The summed E-state index contributed by atoms with van der Waals surface area (Å²) < 4.78 is 5.31. The van der Waals surface area contributed by atoms with Gasteiger partial charge in [-0.1, -0.05) is 6.08 Å². The molecule has 0 radical (unpaired) electrons. The van der Waals surface area contributed by atoms with E-state index in [2.05, 4.69) is 6.08 Å². The molecule has 2 aliphatic rings. The monoisotopic (exact) mass is 180 g/mol. The summed E-state index contributed by atoms with van der Waals surface area (Å²) in [6, 6.07) is 0. The van der Waals surface area contributed by atoms with E-state index in [1.807, 2.05) is 0 Å². The van der Waals surface area contributed by atoms with Gasteiger partial charge >= 0.3 is 0 Å². The molecular weight excluding hydrogens is 164 g/mol. The number of Topliss-reactive ketones (excluding diaryl/α,β-unsaturated/α-hetero) is 1. The Morgan fingerprint density at radius 1 is 1.46 bits per heavy atom. The summed E-state index contributed by atoms with van der Waals surface area (Å²) in [5.74, 6) is 0.523. The van der Waals surface area contributed by atoms with Crippen molar-refractivity contribution in [3.05, 3.63) is 11.6 Å². The summed E-state index contributed by atoms with van der Waals surface area (Å²) in [6.45, 7) is 1.49. The Labute approximate surface area is 79.0 Å². The highest BCUT2D eigenvalue weighted by atomic mass is 16.5. The smallest absolute Gasteiger partial charge is 0.163 e. The van der Waals surface area contributed by atoms with E-state index in [1.54, 1.807) is 0 Å². The molecule has 2 heteroatoms. The quantitative estimate of drug-likeness (QED) is 0.650. The van der Waals surface area contributed by atoms with Crippen molar-refractivity contribution in [2.24, 2.45) is 5.92 Å². The SMILES string of the molecule is O=C(C1=CCCC1)C1CCCOC1. The van der Waals surface area contributed by atoms with Gasteiger partial charge in [0.1, 0.15) is 0 Å². The molecule has 2 rings (SSSR count). The first-order chi connectivity index (χ1) is 6.38. The molecule has 0 N–H and O–H groups in total. The fourth-order valence-electron chi connectivity index (χ4n) is 2.10. The number of hydrogen-bond donors (Lipinski definition) is 0. The number of ketones is 1. The van der Waals surface area contributed by atoms with E-state index in [1.165, 1.54) is 0 Å². The van der Waals surface area contributed by atoms with E-state index < -0.39 is 0 Å². The maximum absolute atomic E-state index is 11.9. The van der Waals surface area contributed by atoms with Gasteiger partial charge in [-0.25, -0.2) is 0 Å². The van der Waals surface area contributed by atoms with Crippen molar-refractivity contribution in [3.63, 3.8) is 0 Å². The van der Waals surface area contributed by atoms with Crippen LogP contribution in [0.15, 0.2) is 11.6 Å². The molecule has 0 bridgehead atoms. The predicted molar refractivity (Wildman–Crippen MR) is 50.5 cm³/mol. The Balaban J connectivity index is 1.94. The molecule has 1 fully saturated rings. The second kappa shape index (κ2) is 4.05. The van der Waals surface area contributed by atoms with Crippen LogP contribution in [-0.4, -0.2) is 19.0 Å². The average Bonchev–Trinajstić information content (AvgIpc) is 2.71. The number of hydrogen-bond acceptors (Lipinski definition) is 2. The topological polar surface area (TPSA) is 26.3 Å². The second-order valence-electron chi connectivity index (χ2n) is 3.90. The lowest BCUT2D eigenvalue weighted by Crippen LogP contribution is -2.26. The largest absolute Gasteiger partial charge is 0.381 e. The molecule has 1 aliphatic carbocycles. The molecule has 0 saturated carbocycles. The van der Waals surface area contributed by atoms with E-state index in [4.69, 9.17) is 4.74 Å². The molecule has 0 spiro atoms. The summed E-state index contributed by atoms with van der Waals surface area (Å²) in [4.78, 5) is 11.9. The van der Waals surface area contributed by atoms with Crippen molar-refractivity contribution in [1.29, 1.82) is 0 Å². The number of carbonyl (C=O) groups is 1. The normalized spacial score (nSPS) is 28.6. The van der Waals surface area contributed by atoms with Crippen molar-refractivity contribution in [2.45, 2.75) is 32.1 Å². The van der Waals surface area contributed by atoms with Crippen molar-refractivity contribution in [1.82, 2.24) is 0 Å². The molecule has 0 aromatic carbocycles. The molecule has 2 nitrogen and oxygen atoms in total. The van der Waals surface area contributed by atoms with Gasteiger partial charge < -0.3 is 4.74 Å². The highest BCUT2D eigenvalue weighted by Gasteiger charge is 2.25. The number of rotatable bonds is 2. The Morgan fingerprint density at radius 3 is 3.00 bits per heavy atom. The van der Waals surface area contributed by atoms with Crippen LogP contribution in [0.3, 0.4) is 0 Å². The standard InChI is InChI=1S/C11H16O2/c12-11(9-4-1-2-5-9)10-6-3-7-13-8-10/h4,10H,1-3,5-8H2. The van der Waals surface area contributed by atoms with Crippen LogP contribution in [0.5, 0.6) is 0 Å². The summed E-state index contributed by atoms with van der Waals surface area (Å²) in [6.07, 6.45) is 7.43. The average molecular weight is 180 g/mol. The summed E-state index contributed by atoms with van der Waals surface area (Å²) in [7, 11) is 0. The van der Waals surface area contributed by atoms with E-state index in [0.717, 1.165) is 44.3 Å². The van der Waals surface area contributed by atoms with Gasteiger partial charge in [0, 0.05) is 12.5 Å². The second-order valence-corrected chi connectivity index (χ2v) is 3.90. The first-order valence-corrected chi connectivity index (χ1v) is 5.19. The Kier molecular flexibility index (Phi) is 2.79. The maximum Gasteiger partial charge on any atom is 0.163 e. The molecule has 13 heavy (non-hydrogen) atoms. The Bertz CT molecular complexity index is 224. The highest BCUT2D eigenvalue weighted by Crippen LogP contribution is 2.25. The molecule has 0 amide bonds. The third-order valence-electron chi connectivity index (χ3n) is 2.89. The molecule has 1 aliphatic heterocycles. The van der Waals surface area contributed by atoms with Crippen LogP contribution >= 0.6 is 0 Å². The lowest BCUT2D eigenvalue weighted by Gasteiger charge is -2.21. The molecule has 1 unspecified atom stereocenters. The van der Waals surface area contributed by atoms with Gasteiger partial charge in [-0.2, -0.15) is 0 Å². The third-order valence-corrected chi connectivity index (χ3v) is 2.89. The molecular formula is C11H16O2. The molecule has 0 aromatic heterocycles. The summed E-state index contributed by atoms with van der Waals surface area (Å²) in [5, 5.41) is 0. The maximum atomic E-state index is 11.9. The van der Waals surface area contributed by atoms with Crippen LogP contribution in [0, 0.1) is 5.92 Å². The Hall–Kier alpha value is -0.630. The third kappa shape index (κ3) is 1.99. The van der Waals surface area contributed by atoms with Crippen LogP contribution in [0.25, 0.3) is 0 Å². The van der Waals surface area contributed by atoms with Crippen LogP contribution < -0.4 is 0 Å². The van der Waals surface area contributed by atoms with E-state index >= 15 is 0 Å². The first-order valence-electron chi connectivity index (χ1n) is 5.19. The summed E-state index contributed by atoms with van der Waals surface area (Å²) >= 11 is 0. The summed E-state index contributed by atoms with van der Waals surface area (Å²) in [5.41, 5.74) is 1.07. The van der Waals surface area contributed by atoms with Gasteiger partial charge in [0.05, 0.1) is 6.61 Å². The van der Waals surface area contributed by atoms with Crippen LogP contribution in [0.4, 0.5) is 0 Å². The van der Waals surface area contributed by atoms with Crippen molar-refractivity contribution >= 4 is 5.78 Å². The zero-order valence-electron chi connectivity index (χ0n) is 7.92. The van der Waals surface area contributed by atoms with Crippen LogP contribution in [0.2, 0.25) is 0 Å². The Morgan fingerprint density at radius 2 is 2.38 bits per heavy atom. The fourth-order valence-corrected chi connectivity index (χ4v) is 2.10. The van der Waals surface area contributed by atoms with Crippen LogP contribution in [-0.2, 0) is 9.53 Å². The van der Waals surface area contributed by atoms with Crippen molar-refractivity contribution < 1.29 is 9.53 Å². The van der Waals surface area contributed by atoms with Gasteiger partial charge in [-0.3, -0.25) is 4.79 Å². The number of allylic oxidation sites excluding steroid dienone is 2. The van der Waals surface area contributed by atoms with Gasteiger partial charge in [-0.15, -0.1) is 0 Å². The molecule has 1 atom stereocenters. The number of ether oxygens (including phenoxy) is 1. The molecule has 1 heterocycles. The zero-order valence-corrected chi connectivity index (χ0v) is 7.92. The predicted octanol–water partition coefficient (Wildman–Crippen LogP) is 2.09. The highest BCUT2D eigenvalue weighted by molar-refractivity contribution is 5.97. The van der Waals surface area contributed by atoms with Crippen LogP contribution in [0.1, 0.15) is 32.1 Å². The molecule has 1 saturated heterocycles. The van der Waals surface area contributed by atoms with Gasteiger partial charge in [0.25, 0.3) is 0 Å². The molecule has 72 valence electrons. The van der Waals surface area contributed by atoms with Crippen molar-refractivity contribution in [3.8, 4) is 0 Å². The lowest BCUT2D eigenvalue weighted by molar-refractivity contribution is -0.123. The minimum Gasteiger partial charge on any atom is -0.381 e. The lowest BCUT2D eigenvalue weighted by atomic mass is 9.92. The van der Waals surface area contributed by atoms with Gasteiger partial charge in [-0.05, 0) is 37.7 Å². The van der Waals surface area contributed by atoms with E-state index in [-0.39, 0.29) is 5.92 Å².